The molecule has 160 valence electrons. The zero-order valence-electron chi connectivity index (χ0n) is 19.0. The van der Waals surface area contributed by atoms with Crippen molar-refractivity contribution in [1.29, 1.82) is 0 Å². The lowest BCUT2D eigenvalue weighted by Gasteiger charge is -2.43. The maximum absolute atomic E-state index is 13.5. The van der Waals surface area contributed by atoms with Crippen LogP contribution in [-0.2, 0) is 14.3 Å². The quantitative estimate of drug-likeness (QED) is 0.601. The molecule has 5 rings (SSSR count). The van der Waals surface area contributed by atoms with E-state index in [-0.39, 0.29) is 5.78 Å². The highest BCUT2D eigenvalue weighted by molar-refractivity contribution is 5.96. The molecule has 0 aromatic heterocycles. The van der Waals surface area contributed by atoms with Gasteiger partial charge < -0.3 is 9.47 Å². The molecule has 3 heteroatoms. The molecule has 0 radical (unpaired) electrons. The first-order valence-electron chi connectivity index (χ1n) is 11.1. The smallest absolute Gasteiger partial charge is 0.180 e. The summed E-state index contributed by atoms with van der Waals surface area (Å²) in [5.74, 6) is -0.801. The minimum absolute atomic E-state index is 0.132. The minimum atomic E-state index is -0.933. The van der Waals surface area contributed by atoms with Crippen LogP contribution in [0.3, 0.4) is 0 Å². The van der Waals surface area contributed by atoms with Gasteiger partial charge in [0.25, 0.3) is 0 Å². The summed E-state index contributed by atoms with van der Waals surface area (Å²) in [5.41, 5.74) is 5.48. The zero-order valence-corrected chi connectivity index (χ0v) is 19.0. The number of ether oxygens (including phenoxy) is 2. The Kier molecular flexibility index (Phi) is 4.45. The molecule has 2 bridgehead atoms. The number of Topliss-reactive ketones (excluding diaryl/α,β-unsaturated/α-hetero) is 1. The van der Waals surface area contributed by atoms with Gasteiger partial charge in [0.05, 0.1) is 5.41 Å². The summed E-state index contributed by atoms with van der Waals surface area (Å²) in [4.78, 5) is 13.5. The maximum Gasteiger partial charge on any atom is 0.180 e. The number of carbonyl (C=O) groups is 1. The van der Waals surface area contributed by atoms with E-state index in [4.69, 9.17) is 9.47 Å². The van der Waals surface area contributed by atoms with Crippen molar-refractivity contribution >= 4 is 17.9 Å². The lowest BCUT2D eigenvalue weighted by Crippen LogP contribution is -2.56. The fourth-order valence-electron chi connectivity index (χ4n) is 5.16. The molecule has 31 heavy (non-hydrogen) atoms. The third-order valence-corrected chi connectivity index (χ3v) is 7.51. The van der Waals surface area contributed by atoms with Crippen molar-refractivity contribution in [2.24, 2.45) is 5.41 Å². The molecule has 1 spiro atoms. The summed E-state index contributed by atoms with van der Waals surface area (Å²) in [5, 5.41) is 0. The van der Waals surface area contributed by atoms with Gasteiger partial charge in [-0.2, -0.15) is 0 Å². The Labute approximate surface area is 184 Å². The summed E-state index contributed by atoms with van der Waals surface area (Å²) in [6, 6.07) is 17.0. The van der Waals surface area contributed by atoms with E-state index in [9.17, 15) is 4.79 Å². The summed E-state index contributed by atoms with van der Waals surface area (Å²) in [6.07, 6.45) is 5.50. The van der Waals surface area contributed by atoms with Crippen molar-refractivity contribution in [3.63, 3.8) is 0 Å². The summed E-state index contributed by atoms with van der Waals surface area (Å²) in [6.45, 7) is 9.97. The molecule has 2 saturated heterocycles. The normalized spacial score (nSPS) is 30.7. The molecule has 0 amide bonds. The van der Waals surface area contributed by atoms with Crippen LogP contribution in [0, 0.1) is 19.3 Å². The number of benzene rings is 2. The Morgan fingerprint density at radius 3 is 1.65 bits per heavy atom. The van der Waals surface area contributed by atoms with E-state index in [1.807, 2.05) is 20.8 Å². The van der Waals surface area contributed by atoms with Crippen LogP contribution in [0.1, 0.15) is 55.9 Å². The minimum Gasteiger partial charge on any atom is -0.334 e. The summed E-state index contributed by atoms with van der Waals surface area (Å²) < 4.78 is 13.2. The molecule has 0 unspecified atom stereocenters. The molecule has 3 aliphatic rings. The number of aryl methyl sites for hydroxylation is 2. The Morgan fingerprint density at radius 2 is 1.26 bits per heavy atom. The number of carbonyl (C=O) groups excluding carboxylic acids is 1. The van der Waals surface area contributed by atoms with Crippen molar-refractivity contribution in [3.05, 3.63) is 81.9 Å². The van der Waals surface area contributed by atoms with Gasteiger partial charge in [0.2, 0.25) is 0 Å². The van der Waals surface area contributed by atoms with Gasteiger partial charge in [-0.05, 0) is 69.7 Å². The molecule has 2 aliphatic heterocycles. The fraction of sp³-hybridized carbons (Fsp3) is 0.393. The van der Waals surface area contributed by atoms with Crippen LogP contribution in [0.2, 0.25) is 0 Å². The predicted octanol–water partition coefficient (Wildman–Crippen LogP) is 6.04. The zero-order chi connectivity index (χ0) is 22.0. The van der Waals surface area contributed by atoms with Crippen LogP contribution in [-0.4, -0.2) is 23.3 Å². The molecule has 2 aromatic rings. The first-order valence-corrected chi connectivity index (χ1v) is 11.1. The summed E-state index contributed by atoms with van der Waals surface area (Å²) in [7, 11) is 0. The van der Waals surface area contributed by atoms with E-state index in [0.29, 0.717) is 0 Å². The number of hydrogen-bond donors (Lipinski definition) is 0. The van der Waals surface area contributed by atoms with E-state index >= 15 is 0 Å². The first-order chi connectivity index (χ1) is 14.7. The van der Waals surface area contributed by atoms with Crippen LogP contribution >= 0.6 is 0 Å². The number of ketones is 1. The lowest BCUT2D eigenvalue weighted by molar-refractivity contribution is -0.208. The second-order valence-electron chi connectivity index (χ2n) is 9.93. The Morgan fingerprint density at radius 1 is 0.806 bits per heavy atom. The van der Waals surface area contributed by atoms with E-state index in [1.54, 1.807) is 0 Å². The van der Waals surface area contributed by atoms with Crippen molar-refractivity contribution in [3.8, 4) is 0 Å². The van der Waals surface area contributed by atoms with Crippen molar-refractivity contribution in [1.82, 2.24) is 0 Å². The highest BCUT2D eigenvalue weighted by Crippen LogP contribution is 2.63. The van der Waals surface area contributed by atoms with E-state index in [0.717, 1.165) is 35.1 Å². The third kappa shape index (κ3) is 2.90. The van der Waals surface area contributed by atoms with Gasteiger partial charge in [-0.25, -0.2) is 0 Å². The van der Waals surface area contributed by atoms with Gasteiger partial charge in [-0.1, -0.05) is 71.8 Å². The van der Waals surface area contributed by atoms with E-state index in [1.165, 1.54) is 11.1 Å². The van der Waals surface area contributed by atoms with Gasteiger partial charge in [0.15, 0.2) is 17.7 Å². The monoisotopic (exact) mass is 414 g/mol. The standard InChI is InChI=1S/C28H30O3/c1-18-6-10-20(11-7-18)16-22-14-15-23(17-21-12-8-19(2)9-13-21)28(22)25-24(29)26(3,4)27(5,30-25)31-28/h6-13,16-17,25H,14-15H2,1-5H3/b22-16+,23-17+/t25-,27-/m0/s1. The molecule has 1 saturated carbocycles. The van der Waals surface area contributed by atoms with Crippen LogP contribution in [0.25, 0.3) is 12.2 Å². The van der Waals surface area contributed by atoms with Crippen molar-refractivity contribution in [2.75, 3.05) is 0 Å². The number of rotatable bonds is 2. The van der Waals surface area contributed by atoms with Crippen molar-refractivity contribution < 1.29 is 14.3 Å². The average molecular weight is 415 g/mol. The third-order valence-electron chi connectivity index (χ3n) is 7.51. The van der Waals surface area contributed by atoms with Gasteiger partial charge >= 0.3 is 0 Å². The van der Waals surface area contributed by atoms with Crippen molar-refractivity contribution in [2.45, 2.75) is 65.0 Å². The molecule has 3 fully saturated rings. The van der Waals surface area contributed by atoms with Crippen LogP contribution in [0.4, 0.5) is 0 Å². The number of fused-ring (bicyclic) bond motifs is 3. The topological polar surface area (TPSA) is 35.5 Å². The molecule has 1 aliphatic carbocycles. The highest BCUT2D eigenvalue weighted by atomic mass is 16.8. The molecule has 2 atom stereocenters. The largest absolute Gasteiger partial charge is 0.334 e. The lowest BCUT2D eigenvalue weighted by atomic mass is 9.71. The SMILES string of the molecule is Cc1ccc(/C=C2\CC/C(=C\c3ccc(C)cc3)C23O[C@]2(C)O[C@H]3C(=O)C2(C)C)cc1. The first kappa shape index (κ1) is 20.4. The Hall–Kier alpha value is -2.49. The van der Waals surface area contributed by atoms with Gasteiger partial charge in [-0.15, -0.1) is 0 Å². The fourth-order valence-corrected chi connectivity index (χ4v) is 5.16. The molecule has 2 heterocycles. The van der Waals surface area contributed by atoms with E-state index < -0.39 is 22.9 Å². The van der Waals surface area contributed by atoms with Gasteiger partial charge in [-0.3, -0.25) is 4.79 Å². The average Bonchev–Trinajstić information content (AvgIpc) is 3.29. The van der Waals surface area contributed by atoms with Crippen LogP contribution in [0.5, 0.6) is 0 Å². The van der Waals surface area contributed by atoms with Gasteiger partial charge in [0, 0.05) is 0 Å². The number of hydrogen-bond acceptors (Lipinski definition) is 3. The second kappa shape index (κ2) is 6.75. The summed E-state index contributed by atoms with van der Waals surface area (Å²) >= 11 is 0. The predicted molar refractivity (Wildman–Crippen MR) is 123 cm³/mol. The Balaban J connectivity index is 1.65. The highest BCUT2D eigenvalue weighted by Gasteiger charge is 2.75. The Bertz CT molecular complexity index is 1040. The molecule has 3 nitrogen and oxygen atoms in total. The van der Waals surface area contributed by atoms with E-state index in [2.05, 4.69) is 74.5 Å². The molecule has 0 N–H and O–H groups in total. The molecular weight excluding hydrogens is 384 g/mol. The molecule has 2 aromatic carbocycles. The van der Waals surface area contributed by atoms with Crippen LogP contribution in [0.15, 0.2) is 59.7 Å². The maximum atomic E-state index is 13.5. The van der Waals surface area contributed by atoms with Crippen LogP contribution < -0.4 is 0 Å². The van der Waals surface area contributed by atoms with Gasteiger partial charge in [0.1, 0.15) is 5.60 Å². The second-order valence-corrected chi connectivity index (χ2v) is 9.93. The molecular formula is C28H30O3.